The van der Waals surface area contributed by atoms with Gasteiger partial charge in [0.2, 0.25) is 0 Å². The van der Waals surface area contributed by atoms with Crippen molar-refractivity contribution >= 4 is 11.9 Å². The molecule has 104 valence electrons. The van der Waals surface area contributed by atoms with Gasteiger partial charge in [-0.05, 0) is 25.8 Å². The zero-order valence-electron chi connectivity index (χ0n) is 11.4. The smallest absolute Gasteiger partial charge is 0.306 e. The lowest BCUT2D eigenvalue weighted by Crippen LogP contribution is -2.10. The summed E-state index contributed by atoms with van der Waals surface area (Å²) < 4.78 is 10.1. The molecule has 0 aliphatic rings. The summed E-state index contributed by atoms with van der Waals surface area (Å²) in [4.78, 5) is 22.7. The minimum absolute atomic E-state index is 0.232. The van der Waals surface area contributed by atoms with E-state index in [1.807, 2.05) is 37.3 Å². The number of rotatable bonds is 7. The lowest BCUT2D eigenvalue weighted by molar-refractivity contribution is -0.149. The molecule has 1 unspecified atom stereocenters. The topological polar surface area (TPSA) is 52.6 Å². The van der Waals surface area contributed by atoms with Crippen molar-refractivity contribution in [2.75, 3.05) is 6.61 Å². The lowest BCUT2D eigenvalue weighted by Gasteiger charge is -2.13. The first-order valence-corrected chi connectivity index (χ1v) is 6.53. The summed E-state index contributed by atoms with van der Waals surface area (Å²) in [5, 5.41) is 0. The van der Waals surface area contributed by atoms with Crippen molar-refractivity contribution in [1.29, 1.82) is 0 Å². The second-order valence-corrected chi connectivity index (χ2v) is 4.20. The molecule has 4 heteroatoms. The Balaban J connectivity index is 2.26. The van der Waals surface area contributed by atoms with Crippen molar-refractivity contribution in [1.82, 2.24) is 0 Å². The first-order valence-electron chi connectivity index (χ1n) is 6.53. The van der Waals surface area contributed by atoms with Gasteiger partial charge >= 0.3 is 11.9 Å². The van der Waals surface area contributed by atoms with E-state index in [0.717, 1.165) is 5.56 Å². The van der Waals surface area contributed by atoms with E-state index in [4.69, 9.17) is 9.47 Å². The van der Waals surface area contributed by atoms with E-state index in [1.54, 1.807) is 6.92 Å². The highest BCUT2D eigenvalue weighted by molar-refractivity contribution is 5.72. The predicted molar refractivity (Wildman–Crippen MR) is 71.4 cm³/mol. The second-order valence-electron chi connectivity index (χ2n) is 4.20. The summed E-state index contributed by atoms with van der Waals surface area (Å²) >= 11 is 0. The fourth-order valence-corrected chi connectivity index (χ4v) is 1.66. The Kier molecular flexibility index (Phi) is 6.64. The second kappa shape index (κ2) is 8.29. The van der Waals surface area contributed by atoms with Gasteiger partial charge in [-0.25, -0.2) is 0 Å². The first kappa shape index (κ1) is 15.2. The van der Waals surface area contributed by atoms with Crippen molar-refractivity contribution in [3.05, 3.63) is 35.9 Å². The van der Waals surface area contributed by atoms with Crippen LogP contribution in [0.25, 0.3) is 0 Å². The number of carbonyl (C=O) groups excluding carboxylic acids is 2. The normalized spacial score (nSPS) is 11.7. The molecule has 0 bridgehead atoms. The monoisotopic (exact) mass is 264 g/mol. The summed E-state index contributed by atoms with van der Waals surface area (Å²) in [5.41, 5.74) is 0.959. The maximum Gasteiger partial charge on any atom is 0.306 e. The lowest BCUT2D eigenvalue weighted by atomic mass is 10.1. The molecular formula is C15H20O4. The van der Waals surface area contributed by atoms with Crippen LogP contribution in [0.5, 0.6) is 0 Å². The van der Waals surface area contributed by atoms with Crippen LogP contribution in [0.2, 0.25) is 0 Å². The van der Waals surface area contributed by atoms with Crippen LogP contribution in [0.1, 0.15) is 44.8 Å². The van der Waals surface area contributed by atoms with E-state index in [-0.39, 0.29) is 30.9 Å². The minimum atomic E-state index is -0.291. The number of carbonyl (C=O) groups is 2. The zero-order chi connectivity index (χ0) is 14.1. The standard InChI is InChI=1S/C15H20O4/c1-3-18-14(16)10-7-11-15(17)19-12(2)13-8-5-4-6-9-13/h4-6,8-9,12H,3,7,10-11H2,1-2H3. The average Bonchev–Trinajstić information content (AvgIpc) is 2.40. The summed E-state index contributed by atoms with van der Waals surface area (Å²) in [6, 6.07) is 9.55. The quantitative estimate of drug-likeness (QED) is 0.710. The highest BCUT2D eigenvalue weighted by Gasteiger charge is 2.12. The Labute approximate surface area is 113 Å². The van der Waals surface area contributed by atoms with E-state index < -0.39 is 0 Å². The van der Waals surface area contributed by atoms with Crippen molar-refractivity contribution in [2.45, 2.75) is 39.2 Å². The van der Waals surface area contributed by atoms with Gasteiger partial charge < -0.3 is 9.47 Å². The average molecular weight is 264 g/mol. The van der Waals surface area contributed by atoms with Crippen LogP contribution in [0.15, 0.2) is 30.3 Å². The molecule has 19 heavy (non-hydrogen) atoms. The molecule has 0 aliphatic carbocycles. The molecule has 0 fully saturated rings. The van der Waals surface area contributed by atoms with E-state index in [0.29, 0.717) is 13.0 Å². The maximum absolute atomic E-state index is 11.6. The van der Waals surface area contributed by atoms with E-state index in [9.17, 15) is 9.59 Å². The predicted octanol–water partition coefficient (Wildman–Crippen LogP) is 3.02. The third-order valence-electron chi connectivity index (χ3n) is 2.64. The van der Waals surface area contributed by atoms with Crippen LogP contribution >= 0.6 is 0 Å². The van der Waals surface area contributed by atoms with Crippen molar-refractivity contribution in [3.63, 3.8) is 0 Å². The van der Waals surface area contributed by atoms with Crippen molar-refractivity contribution < 1.29 is 19.1 Å². The third-order valence-corrected chi connectivity index (χ3v) is 2.64. The molecule has 1 aromatic rings. The largest absolute Gasteiger partial charge is 0.466 e. The molecular weight excluding hydrogens is 244 g/mol. The number of esters is 2. The van der Waals surface area contributed by atoms with Gasteiger partial charge in [-0.2, -0.15) is 0 Å². The van der Waals surface area contributed by atoms with Gasteiger partial charge in [0.05, 0.1) is 6.61 Å². The fraction of sp³-hybridized carbons (Fsp3) is 0.467. The maximum atomic E-state index is 11.6. The molecule has 4 nitrogen and oxygen atoms in total. The van der Waals surface area contributed by atoms with E-state index in [1.165, 1.54) is 0 Å². The molecule has 0 aliphatic heterocycles. The molecule has 0 spiro atoms. The van der Waals surface area contributed by atoms with Crippen LogP contribution in [0.3, 0.4) is 0 Å². The van der Waals surface area contributed by atoms with Crippen LogP contribution in [0, 0.1) is 0 Å². The Hall–Kier alpha value is -1.84. The van der Waals surface area contributed by atoms with E-state index >= 15 is 0 Å². The third kappa shape index (κ3) is 6.04. The zero-order valence-corrected chi connectivity index (χ0v) is 11.4. The van der Waals surface area contributed by atoms with Gasteiger partial charge in [-0.15, -0.1) is 0 Å². The van der Waals surface area contributed by atoms with E-state index in [2.05, 4.69) is 0 Å². The molecule has 0 saturated carbocycles. The highest BCUT2D eigenvalue weighted by Crippen LogP contribution is 2.17. The fourth-order valence-electron chi connectivity index (χ4n) is 1.66. The highest BCUT2D eigenvalue weighted by atomic mass is 16.5. The number of hydrogen-bond donors (Lipinski definition) is 0. The Bertz CT molecular complexity index is 400. The summed E-state index contributed by atoms with van der Waals surface area (Å²) in [5.74, 6) is -0.563. The number of hydrogen-bond acceptors (Lipinski definition) is 4. The first-order chi connectivity index (χ1) is 9.13. The summed E-state index contributed by atoms with van der Waals surface area (Å²) in [7, 11) is 0. The van der Waals surface area contributed by atoms with Crippen molar-refractivity contribution in [2.24, 2.45) is 0 Å². The molecule has 0 aromatic heterocycles. The minimum Gasteiger partial charge on any atom is -0.466 e. The van der Waals surface area contributed by atoms with Crippen LogP contribution in [0.4, 0.5) is 0 Å². The SMILES string of the molecule is CCOC(=O)CCCC(=O)OC(C)c1ccccc1. The molecule has 0 radical (unpaired) electrons. The molecule has 0 N–H and O–H groups in total. The molecule has 0 saturated heterocycles. The van der Waals surface area contributed by atoms with Gasteiger partial charge in [0.15, 0.2) is 0 Å². The molecule has 1 atom stereocenters. The van der Waals surface area contributed by atoms with Crippen LogP contribution < -0.4 is 0 Å². The molecule has 0 heterocycles. The van der Waals surface area contributed by atoms with Gasteiger partial charge in [-0.1, -0.05) is 30.3 Å². The molecule has 1 aromatic carbocycles. The number of ether oxygens (including phenoxy) is 2. The molecule has 0 amide bonds. The summed E-state index contributed by atoms with van der Waals surface area (Å²) in [6.45, 7) is 3.96. The van der Waals surface area contributed by atoms with Crippen molar-refractivity contribution in [3.8, 4) is 0 Å². The van der Waals surface area contributed by atoms with Gasteiger partial charge in [0.25, 0.3) is 0 Å². The molecule has 1 rings (SSSR count). The summed E-state index contributed by atoms with van der Waals surface area (Å²) in [6.07, 6.45) is 0.675. The van der Waals surface area contributed by atoms with Crippen LogP contribution in [-0.2, 0) is 19.1 Å². The Morgan fingerprint density at radius 3 is 2.37 bits per heavy atom. The van der Waals surface area contributed by atoms with Gasteiger partial charge in [0, 0.05) is 12.8 Å². The Morgan fingerprint density at radius 1 is 1.11 bits per heavy atom. The van der Waals surface area contributed by atoms with Gasteiger partial charge in [0.1, 0.15) is 6.10 Å². The van der Waals surface area contributed by atoms with Crippen LogP contribution in [-0.4, -0.2) is 18.5 Å². The Morgan fingerprint density at radius 2 is 1.74 bits per heavy atom. The van der Waals surface area contributed by atoms with Gasteiger partial charge in [-0.3, -0.25) is 9.59 Å². The number of benzene rings is 1.